The molecule has 0 N–H and O–H groups in total. The van der Waals surface area contributed by atoms with Crippen LogP contribution in [-0.2, 0) is 24.9 Å². The van der Waals surface area contributed by atoms with Gasteiger partial charge >= 0.3 is 0 Å². The van der Waals surface area contributed by atoms with Gasteiger partial charge in [-0.3, -0.25) is 4.79 Å². The molecule has 1 fully saturated rings. The molecule has 6 nitrogen and oxygen atoms in total. The van der Waals surface area contributed by atoms with Gasteiger partial charge in [-0.2, -0.15) is 0 Å². The molecule has 1 aliphatic heterocycles. The largest absolute Gasteiger partial charge is 0.384 e. The van der Waals surface area contributed by atoms with Gasteiger partial charge in [0, 0.05) is 45.1 Å². The number of fused-ring (bicyclic) bond motifs is 1. The third-order valence-corrected chi connectivity index (χ3v) is 5.10. The van der Waals surface area contributed by atoms with Gasteiger partial charge in [0.1, 0.15) is 5.69 Å². The summed E-state index contributed by atoms with van der Waals surface area (Å²) in [7, 11) is 3.62. The van der Waals surface area contributed by atoms with E-state index in [0.29, 0.717) is 25.4 Å². The van der Waals surface area contributed by atoms with Crippen molar-refractivity contribution in [2.45, 2.75) is 31.8 Å². The van der Waals surface area contributed by atoms with Gasteiger partial charge < -0.3 is 18.8 Å². The fourth-order valence-electron chi connectivity index (χ4n) is 3.68. The Labute approximate surface area is 142 Å². The van der Waals surface area contributed by atoms with Crippen LogP contribution < -0.4 is 0 Å². The summed E-state index contributed by atoms with van der Waals surface area (Å²) in [4.78, 5) is 19.4. The number of methoxy groups -OCH3 is 1. The van der Waals surface area contributed by atoms with Crippen LogP contribution >= 0.6 is 0 Å². The molecule has 4 rings (SSSR count). The highest BCUT2D eigenvalue weighted by molar-refractivity contribution is 5.92. The smallest absolute Gasteiger partial charge is 0.270 e. The predicted molar refractivity (Wildman–Crippen MR) is 89.7 cm³/mol. The summed E-state index contributed by atoms with van der Waals surface area (Å²) in [5, 5.41) is 0. The Bertz CT molecular complexity index is 744. The predicted octanol–water partition coefficient (Wildman–Crippen LogP) is 2.02. The summed E-state index contributed by atoms with van der Waals surface area (Å²) in [6.07, 6.45) is 6.49. The highest BCUT2D eigenvalue weighted by Crippen LogP contribution is 2.34. The summed E-state index contributed by atoms with van der Waals surface area (Å²) in [5.74, 6) is 1.05. The number of imidazole rings is 1. The second-order valence-corrected chi connectivity index (χ2v) is 7.01. The van der Waals surface area contributed by atoms with Gasteiger partial charge in [-0.25, -0.2) is 4.98 Å². The minimum Gasteiger partial charge on any atom is -0.384 e. The molecule has 1 aliphatic carbocycles. The summed E-state index contributed by atoms with van der Waals surface area (Å²) >= 11 is 0. The van der Waals surface area contributed by atoms with Crippen LogP contribution in [-0.4, -0.2) is 45.2 Å². The van der Waals surface area contributed by atoms with Crippen molar-refractivity contribution in [2.75, 3.05) is 20.3 Å². The van der Waals surface area contributed by atoms with Crippen LogP contribution in [0, 0.1) is 5.92 Å². The second kappa shape index (κ2) is 6.09. The molecule has 0 radical (unpaired) electrons. The van der Waals surface area contributed by atoms with Crippen molar-refractivity contribution in [1.82, 2.24) is 19.0 Å². The van der Waals surface area contributed by atoms with Gasteiger partial charge in [0.15, 0.2) is 0 Å². The van der Waals surface area contributed by atoms with E-state index < -0.39 is 0 Å². The first kappa shape index (κ1) is 15.4. The van der Waals surface area contributed by atoms with Gasteiger partial charge in [-0.15, -0.1) is 0 Å². The number of hydrogen-bond acceptors (Lipinski definition) is 3. The van der Waals surface area contributed by atoms with Crippen LogP contribution in [0.25, 0.3) is 0 Å². The van der Waals surface area contributed by atoms with Crippen LogP contribution in [0.5, 0.6) is 0 Å². The maximum atomic E-state index is 12.9. The van der Waals surface area contributed by atoms with E-state index in [2.05, 4.69) is 9.55 Å². The molecule has 128 valence electrons. The number of ether oxygens (including phenoxy) is 1. The first-order chi connectivity index (χ1) is 11.7. The molecular formula is C18H24N4O2. The van der Waals surface area contributed by atoms with Crippen LogP contribution in [0.2, 0.25) is 0 Å². The van der Waals surface area contributed by atoms with Crippen LogP contribution in [0.4, 0.5) is 0 Å². The molecule has 0 spiro atoms. The summed E-state index contributed by atoms with van der Waals surface area (Å²) in [5.41, 5.74) is 3.00. The van der Waals surface area contributed by atoms with E-state index in [1.807, 2.05) is 41.2 Å². The van der Waals surface area contributed by atoms with Crippen LogP contribution in [0.15, 0.2) is 24.7 Å². The third kappa shape index (κ3) is 2.75. The van der Waals surface area contributed by atoms with E-state index in [9.17, 15) is 4.79 Å². The molecule has 1 amide bonds. The Hall–Kier alpha value is -2.08. The fourth-order valence-corrected chi connectivity index (χ4v) is 3.68. The normalized spacial score (nSPS) is 20.2. The fraction of sp³-hybridized carbons (Fsp3) is 0.556. The Morgan fingerprint density at radius 3 is 2.92 bits per heavy atom. The summed E-state index contributed by atoms with van der Waals surface area (Å²) < 4.78 is 9.60. The first-order valence-electron chi connectivity index (χ1n) is 8.60. The van der Waals surface area contributed by atoms with E-state index in [-0.39, 0.29) is 11.8 Å². The molecule has 2 aliphatic rings. The number of carbonyl (C=O) groups is 1. The molecular weight excluding hydrogens is 304 g/mol. The average Bonchev–Trinajstić information content (AvgIpc) is 3.14. The number of nitrogens with zero attached hydrogens (tertiary/aromatic N) is 4. The molecule has 1 atom stereocenters. The number of carbonyl (C=O) groups excluding carboxylic acids is 1. The van der Waals surface area contributed by atoms with Crippen LogP contribution in [0.3, 0.4) is 0 Å². The zero-order valence-electron chi connectivity index (χ0n) is 14.3. The van der Waals surface area contributed by atoms with Crippen molar-refractivity contribution in [3.63, 3.8) is 0 Å². The van der Waals surface area contributed by atoms with E-state index >= 15 is 0 Å². The molecule has 0 aromatic carbocycles. The standard InChI is InChI=1S/C18H24N4O2/c1-20-7-3-4-16(20)18(23)21-9-14(11-24-2)17-15(10-21)19-12-22(17)8-13-5-6-13/h3-4,7,12-14H,5-6,8-11H2,1-2H3/t14-/m0/s1. The van der Waals surface area contributed by atoms with Crippen molar-refractivity contribution in [3.8, 4) is 0 Å². The van der Waals surface area contributed by atoms with E-state index in [4.69, 9.17) is 4.74 Å². The van der Waals surface area contributed by atoms with Gasteiger partial charge in [-0.05, 0) is 30.9 Å². The number of amides is 1. The minimum atomic E-state index is 0.0611. The van der Waals surface area contributed by atoms with Crippen LogP contribution in [0.1, 0.15) is 40.6 Å². The zero-order valence-corrected chi connectivity index (χ0v) is 14.3. The minimum absolute atomic E-state index is 0.0611. The average molecular weight is 328 g/mol. The van der Waals surface area contributed by atoms with Gasteiger partial charge in [0.25, 0.3) is 5.91 Å². The molecule has 3 heterocycles. The zero-order chi connectivity index (χ0) is 16.7. The van der Waals surface area contributed by atoms with E-state index in [1.54, 1.807) is 7.11 Å². The van der Waals surface area contributed by atoms with Gasteiger partial charge in [-0.1, -0.05) is 0 Å². The quantitative estimate of drug-likeness (QED) is 0.844. The highest BCUT2D eigenvalue weighted by atomic mass is 16.5. The third-order valence-electron chi connectivity index (χ3n) is 5.10. The highest BCUT2D eigenvalue weighted by Gasteiger charge is 2.34. The molecule has 1 saturated carbocycles. The molecule has 0 bridgehead atoms. The van der Waals surface area contributed by atoms with Crippen molar-refractivity contribution < 1.29 is 9.53 Å². The lowest BCUT2D eigenvalue weighted by molar-refractivity contribution is 0.0663. The monoisotopic (exact) mass is 328 g/mol. The number of hydrogen-bond donors (Lipinski definition) is 0. The number of rotatable bonds is 5. The molecule has 0 unspecified atom stereocenters. The lowest BCUT2D eigenvalue weighted by atomic mass is 9.98. The Morgan fingerprint density at radius 2 is 2.25 bits per heavy atom. The number of aromatic nitrogens is 3. The molecule has 6 heteroatoms. The van der Waals surface area contributed by atoms with Gasteiger partial charge in [0.05, 0.1) is 25.2 Å². The molecule has 2 aromatic rings. The summed E-state index contributed by atoms with van der Waals surface area (Å²) in [6.45, 7) is 2.92. The SMILES string of the molecule is COC[C@@H]1CN(C(=O)c2cccn2C)Cc2ncn(CC3CC3)c21. The van der Waals surface area contributed by atoms with Gasteiger partial charge in [0.2, 0.25) is 0 Å². The Balaban J connectivity index is 1.61. The van der Waals surface area contributed by atoms with Crippen molar-refractivity contribution in [3.05, 3.63) is 41.7 Å². The maximum absolute atomic E-state index is 12.9. The lowest BCUT2D eigenvalue weighted by Gasteiger charge is -2.33. The summed E-state index contributed by atoms with van der Waals surface area (Å²) in [6, 6.07) is 3.77. The Kier molecular flexibility index (Phi) is 3.92. The number of aryl methyl sites for hydroxylation is 1. The molecule has 2 aromatic heterocycles. The van der Waals surface area contributed by atoms with E-state index in [1.165, 1.54) is 18.5 Å². The Morgan fingerprint density at radius 1 is 1.42 bits per heavy atom. The topological polar surface area (TPSA) is 52.3 Å². The second-order valence-electron chi connectivity index (χ2n) is 7.01. The van der Waals surface area contributed by atoms with E-state index in [0.717, 1.165) is 18.2 Å². The molecule has 0 saturated heterocycles. The lowest BCUT2D eigenvalue weighted by Crippen LogP contribution is -2.40. The van der Waals surface area contributed by atoms with Crippen molar-refractivity contribution in [1.29, 1.82) is 0 Å². The molecule has 24 heavy (non-hydrogen) atoms. The maximum Gasteiger partial charge on any atom is 0.270 e. The first-order valence-corrected chi connectivity index (χ1v) is 8.60. The van der Waals surface area contributed by atoms with Crippen molar-refractivity contribution >= 4 is 5.91 Å². The van der Waals surface area contributed by atoms with Crippen molar-refractivity contribution in [2.24, 2.45) is 13.0 Å².